The lowest BCUT2D eigenvalue weighted by Gasteiger charge is -2.10. The zero-order valence-electron chi connectivity index (χ0n) is 11.0. The fourth-order valence-electron chi connectivity index (χ4n) is 2.03. The van der Waals surface area contributed by atoms with Crippen molar-refractivity contribution in [1.82, 2.24) is 20.3 Å². The van der Waals surface area contributed by atoms with Gasteiger partial charge in [0, 0.05) is 17.5 Å². The van der Waals surface area contributed by atoms with Crippen LogP contribution in [-0.4, -0.2) is 33.5 Å². The van der Waals surface area contributed by atoms with Gasteiger partial charge in [0.15, 0.2) is 5.69 Å². The number of carbonyl (C=O) groups excluding carboxylic acids is 1. The Kier molecular flexibility index (Phi) is 3.79. The van der Waals surface area contributed by atoms with E-state index in [1.165, 1.54) is 17.7 Å². The van der Waals surface area contributed by atoms with Crippen molar-refractivity contribution in [1.29, 1.82) is 0 Å². The molecule has 1 fully saturated rings. The number of nitrogens with two attached hydrogens (primary N) is 1. The highest BCUT2D eigenvalue weighted by atomic mass is 32.1. The van der Waals surface area contributed by atoms with Gasteiger partial charge in [-0.3, -0.25) is 4.79 Å². The van der Waals surface area contributed by atoms with Crippen molar-refractivity contribution in [2.24, 2.45) is 11.7 Å². The van der Waals surface area contributed by atoms with Crippen LogP contribution < -0.4 is 11.1 Å². The maximum absolute atomic E-state index is 11.9. The first kappa shape index (κ1) is 13.3. The summed E-state index contributed by atoms with van der Waals surface area (Å²) in [7, 11) is 0. The number of hydrogen-bond acceptors (Lipinski definition) is 5. The predicted octanol–water partition coefficient (Wildman–Crippen LogP) is 0.855. The van der Waals surface area contributed by atoms with Gasteiger partial charge in [0.25, 0.3) is 5.91 Å². The van der Waals surface area contributed by atoms with Gasteiger partial charge in [-0.25, -0.2) is 4.68 Å². The molecular formula is C13H17N5OS. The molecule has 2 aromatic heterocycles. The van der Waals surface area contributed by atoms with Crippen LogP contribution in [-0.2, 0) is 6.54 Å². The minimum absolute atomic E-state index is 0.0557. The van der Waals surface area contributed by atoms with E-state index in [2.05, 4.69) is 15.6 Å². The molecule has 0 bridgehead atoms. The Hall–Kier alpha value is -1.73. The van der Waals surface area contributed by atoms with Gasteiger partial charge in [0.05, 0.1) is 12.7 Å². The summed E-state index contributed by atoms with van der Waals surface area (Å²) >= 11 is 1.65. The number of thiophene rings is 1. The van der Waals surface area contributed by atoms with Crippen LogP contribution in [0.2, 0.25) is 0 Å². The quantitative estimate of drug-likeness (QED) is 0.826. The monoisotopic (exact) mass is 291 g/mol. The SMILES string of the molecule is NC(CNC(=O)c1cn(Cc2cccs2)nn1)C1CC1. The third-order valence-corrected chi connectivity index (χ3v) is 4.26. The molecule has 1 saturated carbocycles. The molecule has 0 aromatic carbocycles. The number of rotatable bonds is 6. The molecule has 7 heteroatoms. The van der Waals surface area contributed by atoms with Crippen LogP contribution in [0.3, 0.4) is 0 Å². The summed E-state index contributed by atoms with van der Waals surface area (Å²) < 4.78 is 1.67. The van der Waals surface area contributed by atoms with Crippen LogP contribution in [0, 0.1) is 5.92 Å². The molecular weight excluding hydrogens is 274 g/mol. The number of hydrogen-bond donors (Lipinski definition) is 2. The van der Waals surface area contributed by atoms with E-state index in [4.69, 9.17) is 5.73 Å². The lowest BCUT2D eigenvalue weighted by molar-refractivity contribution is 0.0945. The highest BCUT2D eigenvalue weighted by molar-refractivity contribution is 7.09. The zero-order chi connectivity index (χ0) is 13.9. The molecule has 3 rings (SSSR count). The minimum atomic E-state index is -0.210. The topological polar surface area (TPSA) is 85.8 Å². The smallest absolute Gasteiger partial charge is 0.273 e. The summed E-state index contributed by atoms with van der Waals surface area (Å²) in [5, 5.41) is 12.7. The third kappa shape index (κ3) is 3.23. The molecule has 106 valence electrons. The second kappa shape index (κ2) is 5.72. The normalized spacial score (nSPS) is 16.1. The van der Waals surface area contributed by atoms with Crippen LogP contribution >= 0.6 is 11.3 Å². The summed E-state index contributed by atoms with van der Waals surface area (Å²) in [5.74, 6) is 0.364. The second-order valence-electron chi connectivity index (χ2n) is 5.09. The van der Waals surface area contributed by atoms with E-state index in [0.717, 1.165) is 0 Å². The molecule has 1 amide bonds. The minimum Gasteiger partial charge on any atom is -0.349 e. The van der Waals surface area contributed by atoms with Crippen LogP contribution in [0.5, 0.6) is 0 Å². The van der Waals surface area contributed by atoms with E-state index in [1.807, 2.05) is 17.5 Å². The zero-order valence-corrected chi connectivity index (χ0v) is 11.8. The third-order valence-electron chi connectivity index (χ3n) is 3.40. The Balaban J connectivity index is 1.54. The average molecular weight is 291 g/mol. The van der Waals surface area contributed by atoms with Crippen molar-refractivity contribution in [2.45, 2.75) is 25.4 Å². The Labute approximate surface area is 121 Å². The molecule has 1 atom stereocenters. The molecule has 0 radical (unpaired) electrons. The fourth-order valence-corrected chi connectivity index (χ4v) is 2.73. The number of amides is 1. The molecule has 6 nitrogen and oxygen atoms in total. The molecule has 20 heavy (non-hydrogen) atoms. The highest BCUT2D eigenvalue weighted by Crippen LogP contribution is 2.31. The molecule has 0 saturated heterocycles. The van der Waals surface area contributed by atoms with Gasteiger partial charge in [0.1, 0.15) is 0 Å². The van der Waals surface area contributed by atoms with Crippen molar-refractivity contribution in [3.8, 4) is 0 Å². The predicted molar refractivity (Wildman–Crippen MR) is 76.5 cm³/mol. The fraction of sp³-hybridized carbons (Fsp3) is 0.462. The van der Waals surface area contributed by atoms with Crippen LogP contribution in [0.4, 0.5) is 0 Å². The lowest BCUT2D eigenvalue weighted by atomic mass is 10.2. The van der Waals surface area contributed by atoms with Crippen molar-refractivity contribution in [2.75, 3.05) is 6.54 Å². The van der Waals surface area contributed by atoms with E-state index in [9.17, 15) is 4.79 Å². The number of nitrogens with one attached hydrogen (secondary N) is 1. The van der Waals surface area contributed by atoms with E-state index in [0.29, 0.717) is 24.7 Å². The van der Waals surface area contributed by atoms with Gasteiger partial charge in [-0.1, -0.05) is 11.3 Å². The molecule has 2 aromatic rings. The van der Waals surface area contributed by atoms with Crippen LogP contribution in [0.1, 0.15) is 28.2 Å². The van der Waals surface area contributed by atoms with Gasteiger partial charge < -0.3 is 11.1 Å². The Morgan fingerprint density at radius 1 is 1.60 bits per heavy atom. The number of aromatic nitrogens is 3. The first-order valence-corrected chi connectivity index (χ1v) is 7.56. The first-order valence-electron chi connectivity index (χ1n) is 6.68. The van der Waals surface area contributed by atoms with Crippen LogP contribution in [0.15, 0.2) is 23.7 Å². The van der Waals surface area contributed by atoms with Crippen molar-refractivity contribution >= 4 is 17.2 Å². The summed E-state index contributed by atoms with van der Waals surface area (Å²) in [6, 6.07) is 4.07. The van der Waals surface area contributed by atoms with Gasteiger partial charge in [-0.05, 0) is 30.2 Å². The van der Waals surface area contributed by atoms with E-state index in [-0.39, 0.29) is 11.9 Å². The number of nitrogens with zero attached hydrogens (tertiary/aromatic N) is 3. The van der Waals surface area contributed by atoms with Gasteiger partial charge >= 0.3 is 0 Å². The van der Waals surface area contributed by atoms with Gasteiger partial charge in [-0.15, -0.1) is 16.4 Å². The molecule has 2 heterocycles. The first-order chi connectivity index (χ1) is 9.72. The Morgan fingerprint density at radius 2 is 2.45 bits per heavy atom. The molecule has 3 N–H and O–H groups in total. The molecule has 0 spiro atoms. The Morgan fingerprint density at radius 3 is 3.15 bits per heavy atom. The van der Waals surface area contributed by atoms with Crippen molar-refractivity contribution in [3.63, 3.8) is 0 Å². The molecule has 1 aliphatic carbocycles. The summed E-state index contributed by atoms with van der Waals surface area (Å²) in [6.45, 7) is 1.14. The van der Waals surface area contributed by atoms with Crippen molar-refractivity contribution in [3.05, 3.63) is 34.3 Å². The Bertz CT molecular complexity index is 575. The van der Waals surface area contributed by atoms with E-state index in [1.54, 1.807) is 22.2 Å². The maximum atomic E-state index is 11.9. The summed E-state index contributed by atoms with van der Waals surface area (Å²) in [5.41, 5.74) is 6.28. The van der Waals surface area contributed by atoms with Crippen LogP contribution in [0.25, 0.3) is 0 Å². The summed E-state index contributed by atoms with van der Waals surface area (Å²) in [4.78, 5) is 13.1. The molecule has 1 unspecified atom stereocenters. The molecule has 1 aliphatic rings. The summed E-state index contributed by atoms with van der Waals surface area (Å²) in [6.07, 6.45) is 4.01. The lowest BCUT2D eigenvalue weighted by Crippen LogP contribution is -2.38. The number of carbonyl (C=O) groups is 1. The molecule has 0 aliphatic heterocycles. The van der Waals surface area contributed by atoms with Gasteiger partial charge in [0.2, 0.25) is 0 Å². The van der Waals surface area contributed by atoms with E-state index < -0.39 is 0 Å². The van der Waals surface area contributed by atoms with Crippen molar-refractivity contribution < 1.29 is 4.79 Å². The van der Waals surface area contributed by atoms with Gasteiger partial charge in [-0.2, -0.15) is 0 Å². The maximum Gasteiger partial charge on any atom is 0.273 e. The standard InChI is InChI=1S/C13H17N5OS/c14-11(9-3-4-9)6-15-13(19)12-8-18(17-16-12)7-10-2-1-5-20-10/h1-2,5,8-9,11H,3-4,6-7,14H2,(H,15,19). The average Bonchev–Trinajstić information content (AvgIpc) is 2.98. The largest absolute Gasteiger partial charge is 0.349 e. The second-order valence-corrected chi connectivity index (χ2v) is 6.12. The van der Waals surface area contributed by atoms with E-state index >= 15 is 0 Å². The highest BCUT2D eigenvalue weighted by Gasteiger charge is 2.28.